The van der Waals surface area contributed by atoms with Gasteiger partial charge in [0.05, 0.1) is 0 Å². The van der Waals surface area contributed by atoms with E-state index >= 15 is 0 Å². The summed E-state index contributed by atoms with van der Waals surface area (Å²) in [6.45, 7) is 12.3. The second-order valence-electron chi connectivity index (χ2n) is 3.51. The van der Waals surface area contributed by atoms with E-state index in [2.05, 4.69) is 34.3 Å². The first-order valence-electron chi connectivity index (χ1n) is 3.87. The van der Waals surface area contributed by atoms with Crippen molar-refractivity contribution in [2.45, 2.75) is 33.2 Å². The van der Waals surface area contributed by atoms with Gasteiger partial charge in [0, 0.05) is 5.54 Å². The highest BCUT2D eigenvalue weighted by molar-refractivity contribution is 5.04. The van der Waals surface area contributed by atoms with Gasteiger partial charge in [-0.1, -0.05) is 33.8 Å². The average Bonchev–Trinajstić information content (AvgIpc) is 1.85. The molecule has 0 unspecified atom stereocenters. The molecule has 0 spiro atoms. The van der Waals surface area contributed by atoms with Crippen molar-refractivity contribution < 1.29 is 0 Å². The van der Waals surface area contributed by atoms with E-state index in [0.717, 1.165) is 0 Å². The maximum absolute atomic E-state index is 6.06. The summed E-state index contributed by atoms with van der Waals surface area (Å²) < 4.78 is 0. The molecule has 0 aliphatic carbocycles. The Morgan fingerprint density at radius 2 is 1.50 bits per heavy atom. The molecule has 0 aromatic rings. The standard InChI is InChI=1S/C9H19N/c1-6-9(10,7(2)3)8(4)5/h6-8H,1,10H2,2-5H3. The predicted molar refractivity (Wildman–Crippen MR) is 46.8 cm³/mol. The van der Waals surface area contributed by atoms with Crippen LogP contribution in [-0.2, 0) is 0 Å². The van der Waals surface area contributed by atoms with Crippen molar-refractivity contribution in [1.82, 2.24) is 0 Å². The largest absolute Gasteiger partial charge is 0.321 e. The zero-order chi connectivity index (χ0) is 8.36. The van der Waals surface area contributed by atoms with Crippen molar-refractivity contribution in [3.05, 3.63) is 12.7 Å². The van der Waals surface area contributed by atoms with Gasteiger partial charge >= 0.3 is 0 Å². The van der Waals surface area contributed by atoms with Gasteiger partial charge in [-0.2, -0.15) is 0 Å². The van der Waals surface area contributed by atoms with Crippen LogP contribution in [0.25, 0.3) is 0 Å². The molecule has 10 heavy (non-hydrogen) atoms. The average molecular weight is 141 g/mol. The lowest BCUT2D eigenvalue weighted by Gasteiger charge is -2.34. The Morgan fingerprint density at radius 3 is 1.50 bits per heavy atom. The molecule has 2 N–H and O–H groups in total. The number of rotatable bonds is 3. The molecule has 0 bridgehead atoms. The van der Waals surface area contributed by atoms with Crippen LogP contribution >= 0.6 is 0 Å². The fraction of sp³-hybridized carbons (Fsp3) is 0.778. The minimum atomic E-state index is -0.194. The molecule has 1 nitrogen and oxygen atoms in total. The zero-order valence-electron chi connectivity index (χ0n) is 7.52. The molecule has 0 amide bonds. The van der Waals surface area contributed by atoms with Crippen molar-refractivity contribution in [3.8, 4) is 0 Å². The molecule has 0 fully saturated rings. The van der Waals surface area contributed by atoms with Crippen LogP contribution in [0.5, 0.6) is 0 Å². The van der Waals surface area contributed by atoms with E-state index in [0.29, 0.717) is 11.8 Å². The summed E-state index contributed by atoms with van der Waals surface area (Å²) in [6, 6.07) is 0. The summed E-state index contributed by atoms with van der Waals surface area (Å²) >= 11 is 0. The summed E-state index contributed by atoms with van der Waals surface area (Å²) in [6.07, 6.45) is 1.86. The molecule has 0 atom stereocenters. The van der Waals surface area contributed by atoms with Gasteiger partial charge in [-0.05, 0) is 11.8 Å². The normalized spacial score (nSPS) is 12.7. The highest BCUT2D eigenvalue weighted by Gasteiger charge is 2.28. The summed E-state index contributed by atoms with van der Waals surface area (Å²) in [5.74, 6) is 0.926. The Labute approximate surface area is 64.3 Å². The van der Waals surface area contributed by atoms with E-state index in [1.807, 2.05) is 6.08 Å². The van der Waals surface area contributed by atoms with Gasteiger partial charge in [-0.25, -0.2) is 0 Å². The van der Waals surface area contributed by atoms with E-state index in [9.17, 15) is 0 Å². The Kier molecular flexibility index (Phi) is 3.10. The molecular weight excluding hydrogens is 122 g/mol. The molecule has 0 saturated heterocycles. The molecule has 0 radical (unpaired) electrons. The first-order chi connectivity index (χ1) is 4.45. The van der Waals surface area contributed by atoms with Crippen LogP contribution in [-0.4, -0.2) is 5.54 Å². The lowest BCUT2D eigenvalue weighted by molar-refractivity contribution is 0.289. The van der Waals surface area contributed by atoms with Crippen LogP contribution in [0.4, 0.5) is 0 Å². The molecular formula is C9H19N. The third-order valence-corrected chi connectivity index (χ3v) is 2.35. The van der Waals surface area contributed by atoms with Crippen molar-refractivity contribution in [3.63, 3.8) is 0 Å². The Hall–Kier alpha value is -0.300. The van der Waals surface area contributed by atoms with Crippen molar-refractivity contribution >= 4 is 0 Å². The molecule has 0 aliphatic rings. The molecule has 0 saturated carbocycles. The zero-order valence-corrected chi connectivity index (χ0v) is 7.52. The summed E-state index contributed by atoms with van der Waals surface area (Å²) in [7, 11) is 0. The van der Waals surface area contributed by atoms with E-state index in [-0.39, 0.29) is 5.54 Å². The van der Waals surface area contributed by atoms with Gasteiger partial charge in [0.25, 0.3) is 0 Å². The van der Waals surface area contributed by atoms with Crippen LogP contribution < -0.4 is 5.73 Å². The maximum Gasteiger partial charge on any atom is 0.0383 e. The lowest BCUT2D eigenvalue weighted by Crippen LogP contribution is -2.47. The van der Waals surface area contributed by atoms with Gasteiger partial charge in [-0.15, -0.1) is 6.58 Å². The van der Waals surface area contributed by atoms with Crippen molar-refractivity contribution in [1.29, 1.82) is 0 Å². The fourth-order valence-corrected chi connectivity index (χ4v) is 1.14. The van der Waals surface area contributed by atoms with Gasteiger partial charge in [0.1, 0.15) is 0 Å². The lowest BCUT2D eigenvalue weighted by atomic mass is 9.78. The smallest absolute Gasteiger partial charge is 0.0383 e. The monoisotopic (exact) mass is 141 g/mol. The van der Waals surface area contributed by atoms with Crippen molar-refractivity contribution in [2.75, 3.05) is 0 Å². The van der Waals surface area contributed by atoms with Crippen LogP contribution in [0.3, 0.4) is 0 Å². The minimum Gasteiger partial charge on any atom is -0.321 e. The van der Waals surface area contributed by atoms with Crippen LogP contribution in [0.2, 0.25) is 0 Å². The van der Waals surface area contributed by atoms with E-state index < -0.39 is 0 Å². The highest BCUT2D eigenvalue weighted by Crippen LogP contribution is 2.23. The number of hydrogen-bond donors (Lipinski definition) is 1. The molecule has 0 aromatic heterocycles. The summed E-state index contributed by atoms with van der Waals surface area (Å²) in [4.78, 5) is 0. The summed E-state index contributed by atoms with van der Waals surface area (Å²) in [5.41, 5.74) is 5.87. The fourth-order valence-electron chi connectivity index (χ4n) is 1.14. The van der Waals surface area contributed by atoms with E-state index in [1.54, 1.807) is 0 Å². The Morgan fingerprint density at radius 1 is 1.20 bits per heavy atom. The molecule has 0 aliphatic heterocycles. The maximum atomic E-state index is 6.06. The van der Waals surface area contributed by atoms with Crippen molar-refractivity contribution in [2.24, 2.45) is 17.6 Å². The van der Waals surface area contributed by atoms with E-state index in [4.69, 9.17) is 5.73 Å². The first-order valence-corrected chi connectivity index (χ1v) is 3.87. The van der Waals surface area contributed by atoms with Gasteiger partial charge < -0.3 is 5.73 Å². The van der Waals surface area contributed by atoms with Crippen LogP contribution in [0.1, 0.15) is 27.7 Å². The van der Waals surface area contributed by atoms with Crippen LogP contribution in [0, 0.1) is 11.8 Å². The molecule has 1 heteroatoms. The highest BCUT2D eigenvalue weighted by atomic mass is 14.8. The minimum absolute atomic E-state index is 0.194. The number of nitrogens with two attached hydrogens (primary N) is 1. The third-order valence-electron chi connectivity index (χ3n) is 2.35. The molecule has 0 rings (SSSR count). The van der Waals surface area contributed by atoms with Gasteiger partial charge in [-0.3, -0.25) is 0 Å². The molecule has 0 heterocycles. The second kappa shape index (κ2) is 3.20. The van der Waals surface area contributed by atoms with Gasteiger partial charge in [0.15, 0.2) is 0 Å². The number of hydrogen-bond acceptors (Lipinski definition) is 1. The predicted octanol–water partition coefficient (Wildman–Crippen LogP) is 2.18. The first kappa shape index (κ1) is 9.70. The topological polar surface area (TPSA) is 26.0 Å². The quantitative estimate of drug-likeness (QED) is 0.599. The SMILES string of the molecule is C=CC(N)(C(C)C)C(C)C. The third kappa shape index (κ3) is 1.60. The Bertz CT molecular complexity index is 106. The molecule has 60 valence electrons. The second-order valence-corrected chi connectivity index (χ2v) is 3.51. The Balaban J connectivity index is 4.38. The summed E-state index contributed by atoms with van der Waals surface area (Å²) in [5, 5.41) is 0. The van der Waals surface area contributed by atoms with Crippen LogP contribution in [0.15, 0.2) is 12.7 Å². The van der Waals surface area contributed by atoms with Gasteiger partial charge in [0.2, 0.25) is 0 Å². The van der Waals surface area contributed by atoms with E-state index in [1.165, 1.54) is 0 Å². The molecule has 0 aromatic carbocycles.